The summed E-state index contributed by atoms with van der Waals surface area (Å²) in [6.45, 7) is 5.13. The summed E-state index contributed by atoms with van der Waals surface area (Å²) in [6.07, 6.45) is 35.3. The molecule has 1 saturated heterocycles. The van der Waals surface area contributed by atoms with Gasteiger partial charge in [-0.2, -0.15) is 8.42 Å². The average molecular weight is 835 g/mol. The molecule has 0 spiro atoms. The summed E-state index contributed by atoms with van der Waals surface area (Å²) < 4.78 is 59.8. The summed E-state index contributed by atoms with van der Waals surface area (Å²) in [5, 5.41) is 30.7. The van der Waals surface area contributed by atoms with Gasteiger partial charge in [-0.05, 0) is 64.2 Å². The Kier molecular flexibility index (Phi) is 36.1. The van der Waals surface area contributed by atoms with Gasteiger partial charge in [0.1, 0.15) is 30.5 Å². The number of unbranched alkanes of at least 4 members (excludes halogenated alkanes) is 24. The van der Waals surface area contributed by atoms with Crippen molar-refractivity contribution in [3.63, 3.8) is 0 Å². The highest BCUT2D eigenvalue weighted by molar-refractivity contribution is 7.80. The molecule has 0 aromatic heterocycles. The van der Waals surface area contributed by atoms with E-state index in [4.69, 9.17) is 23.5 Å². The maximum absolute atomic E-state index is 11.4. The van der Waals surface area contributed by atoms with Crippen LogP contribution in [0.1, 0.15) is 194 Å². The second-order valence-electron chi connectivity index (χ2n) is 16.0. The van der Waals surface area contributed by atoms with Gasteiger partial charge in [0.05, 0.1) is 19.8 Å². The van der Waals surface area contributed by atoms with E-state index in [0.717, 1.165) is 44.9 Å². The highest BCUT2D eigenvalue weighted by atomic mass is 32.3. The fourth-order valence-electron chi connectivity index (χ4n) is 7.06. The molecule has 4 N–H and O–H groups in total. The minimum absolute atomic E-state index is 0.0473. The Morgan fingerprint density at radius 3 is 1.44 bits per heavy atom. The van der Waals surface area contributed by atoms with Crippen molar-refractivity contribution < 1.29 is 51.4 Å². The molecule has 12 heteroatoms. The van der Waals surface area contributed by atoms with Gasteiger partial charge in [-0.1, -0.05) is 154 Å². The van der Waals surface area contributed by atoms with Crippen LogP contribution < -0.4 is 0 Å². The summed E-state index contributed by atoms with van der Waals surface area (Å²) in [5.41, 5.74) is 0. The van der Waals surface area contributed by atoms with Crippen LogP contribution in [0.3, 0.4) is 0 Å². The van der Waals surface area contributed by atoms with Crippen LogP contribution in [0.5, 0.6) is 0 Å². The molecule has 0 radical (unpaired) electrons. The van der Waals surface area contributed by atoms with E-state index in [9.17, 15) is 23.7 Å². The molecule has 0 saturated carbocycles. The molecule has 0 bridgehead atoms. The van der Waals surface area contributed by atoms with Crippen molar-refractivity contribution >= 4 is 10.4 Å². The van der Waals surface area contributed by atoms with Crippen LogP contribution in [-0.2, 0) is 33.5 Å². The minimum atomic E-state index is -5.01. The third-order valence-electron chi connectivity index (χ3n) is 10.6. The van der Waals surface area contributed by atoms with Gasteiger partial charge in [0.2, 0.25) is 0 Å². The Morgan fingerprint density at radius 2 is 1.00 bits per heavy atom. The van der Waals surface area contributed by atoms with E-state index < -0.39 is 53.8 Å². The van der Waals surface area contributed by atoms with E-state index in [0.29, 0.717) is 13.2 Å². The first-order valence-electron chi connectivity index (χ1n) is 23.1. The Hall–Kier alpha value is -0.930. The third kappa shape index (κ3) is 31.6. The zero-order valence-electron chi connectivity index (χ0n) is 36.2. The van der Waals surface area contributed by atoms with Crippen molar-refractivity contribution in [3.8, 4) is 0 Å². The molecule has 1 unspecified atom stereocenters. The Labute approximate surface area is 348 Å². The lowest BCUT2D eigenvalue weighted by atomic mass is 9.99. The van der Waals surface area contributed by atoms with E-state index in [1.807, 2.05) is 0 Å². The first-order valence-corrected chi connectivity index (χ1v) is 24.5. The lowest BCUT2D eigenvalue weighted by molar-refractivity contribution is -0.302. The molecule has 11 nitrogen and oxygen atoms in total. The van der Waals surface area contributed by atoms with Gasteiger partial charge in [0.25, 0.3) is 0 Å². The van der Waals surface area contributed by atoms with Gasteiger partial charge in [0, 0.05) is 13.2 Å². The van der Waals surface area contributed by atoms with Crippen molar-refractivity contribution in [2.75, 3.05) is 33.0 Å². The maximum atomic E-state index is 11.4. The Balaban J connectivity index is 2.36. The van der Waals surface area contributed by atoms with Gasteiger partial charge >= 0.3 is 10.4 Å². The molecule has 6 atom stereocenters. The summed E-state index contributed by atoms with van der Waals surface area (Å²) in [6, 6.07) is 0. The molecular formula is C45H86O11S. The summed E-state index contributed by atoms with van der Waals surface area (Å²) in [5.74, 6) is 0. The van der Waals surface area contributed by atoms with Gasteiger partial charge in [-0.3, -0.25) is 4.55 Å². The minimum Gasteiger partial charge on any atom is -0.394 e. The highest BCUT2D eigenvalue weighted by Gasteiger charge is 2.47. The molecule has 0 aromatic rings. The van der Waals surface area contributed by atoms with Crippen LogP contribution in [0.4, 0.5) is 0 Å². The van der Waals surface area contributed by atoms with Gasteiger partial charge < -0.3 is 34.3 Å². The number of hydrogen-bond acceptors (Lipinski definition) is 10. The number of ether oxygens (including phenoxy) is 4. The topological polar surface area (TPSA) is 161 Å². The lowest BCUT2D eigenvalue weighted by Crippen LogP contribution is -2.60. The predicted molar refractivity (Wildman–Crippen MR) is 230 cm³/mol. The largest absolute Gasteiger partial charge is 0.397 e. The maximum Gasteiger partial charge on any atom is 0.397 e. The molecule has 1 aliphatic rings. The number of hydrogen-bond donors (Lipinski definition) is 4. The van der Waals surface area contributed by atoms with E-state index >= 15 is 0 Å². The lowest BCUT2D eigenvalue weighted by Gasteiger charge is -2.41. The molecule has 0 aromatic carbocycles. The third-order valence-corrected chi connectivity index (χ3v) is 11.1. The molecule has 1 aliphatic heterocycles. The molecule has 338 valence electrons. The summed E-state index contributed by atoms with van der Waals surface area (Å²) in [7, 11) is -5.01. The van der Waals surface area contributed by atoms with E-state index in [-0.39, 0.29) is 13.2 Å². The van der Waals surface area contributed by atoms with Crippen molar-refractivity contribution in [2.45, 2.75) is 230 Å². The molecule has 1 rings (SSSR count). The summed E-state index contributed by atoms with van der Waals surface area (Å²) in [4.78, 5) is 0. The molecule has 0 aliphatic carbocycles. The van der Waals surface area contributed by atoms with Crippen LogP contribution in [0.25, 0.3) is 0 Å². The molecule has 1 heterocycles. The SMILES string of the molecule is CCCCCCCC/C=C\CCCCCCCCOCC(CO[C@@H]1O[C@H](CO)[C@H](O)[C@H](OS(=O)(=O)O)[C@H]1O)OCCCCCCCC/C=C\CCCCCCCC. The van der Waals surface area contributed by atoms with E-state index in [1.54, 1.807) is 0 Å². The van der Waals surface area contributed by atoms with Gasteiger partial charge in [0.15, 0.2) is 6.29 Å². The highest BCUT2D eigenvalue weighted by Crippen LogP contribution is 2.26. The van der Waals surface area contributed by atoms with E-state index in [2.05, 4.69) is 42.3 Å². The fourth-order valence-corrected chi connectivity index (χ4v) is 7.57. The van der Waals surface area contributed by atoms with Crippen molar-refractivity contribution in [2.24, 2.45) is 0 Å². The summed E-state index contributed by atoms with van der Waals surface area (Å²) >= 11 is 0. The monoisotopic (exact) mass is 835 g/mol. The van der Waals surface area contributed by atoms with E-state index in [1.165, 1.54) is 135 Å². The first kappa shape index (κ1) is 54.1. The second kappa shape index (κ2) is 38.0. The zero-order valence-corrected chi connectivity index (χ0v) is 37.0. The molecule has 1 fully saturated rings. The second-order valence-corrected chi connectivity index (χ2v) is 17.0. The number of aliphatic hydroxyl groups excluding tert-OH is 3. The van der Waals surface area contributed by atoms with Crippen LogP contribution in [0.15, 0.2) is 24.3 Å². The molecule has 0 amide bonds. The molecular weight excluding hydrogens is 749 g/mol. The van der Waals surface area contributed by atoms with Crippen LogP contribution in [0, 0.1) is 0 Å². The van der Waals surface area contributed by atoms with Crippen molar-refractivity contribution in [1.82, 2.24) is 0 Å². The van der Waals surface area contributed by atoms with Crippen LogP contribution >= 0.6 is 0 Å². The van der Waals surface area contributed by atoms with Crippen molar-refractivity contribution in [1.29, 1.82) is 0 Å². The normalized spacial score (nSPS) is 21.0. The Morgan fingerprint density at radius 1 is 0.579 bits per heavy atom. The number of aliphatic hydroxyl groups is 3. The first-order chi connectivity index (χ1) is 27.7. The number of rotatable bonds is 41. The number of allylic oxidation sites excluding steroid dienone is 4. The fraction of sp³-hybridized carbons (Fsp3) is 0.911. The molecule has 57 heavy (non-hydrogen) atoms. The van der Waals surface area contributed by atoms with Crippen LogP contribution in [0.2, 0.25) is 0 Å². The van der Waals surface area contributed by atoms with Crippen LogP contribution in [-0.4, -0.2) is 98.1 Å². The quantitative estimate of drug-likeness (QED) is 0.0264. The average Bonchev–Trinajstić information content (AvgIpc) is 3.19. The zero-order chi connectivity index (χ0) is 41.7. The Bertz CT molecular complexity index is 1040. The smallest absolute Gasteiger partial charge is 0.394 e. The van der Waals surface area contributed by atoms with Gasteiger partial charge in [-0.25, -0.2) is 4.18 Å². The predicted octanol–water partition coefficient (Wildman–Crippen LogP) is 10.1. The van der Waals surface area contributed by atoms with Gasteiger partial charge in [-0.15, -0.1) is 0 Å². The van der Waals surface area contributed by atoms with Crippen molar-refractivity contribution in [3.05, 3.63) is 24.3 Å². The standard InChI is InChI=1S/C45H86O11S/c1-3-5-7-9-11-13-15-17-19-21-23-25-27-29-31-33-35-52-38-40(39-54-45-43(48)44(56-57(49,50)51)42(47)41(37-46)55-45)53-36-34-32-30-28-26-24-22-20-18-16-14-12-10-8-6-4-2/h17-20,40-48H,3-16,21-39H2,1-2H3,(H,49,50,51)/b19-17-,20-18-/t40?,41-,42+,43-,44+,45-/m1/s1.